The molecule has 0 radical (unpaired) electrons. The summed E-state index contributed by atoms with van der Waals surface area (Å²) in [6.45, 7) is 5.03. The van der Waals surface area contributed by atoms with Crippen LogP contribution >= 0.6 is 0 Å². The van der Waals surface area contributed by atoms with Gasteiger partial charge in [0.05, 0.1) is 13.7 Å². The lowest BCUT2D eigenvalue weighted by atomic mass is 10.1. The average molecular weight is 494 g/mol. The van der Waals surface area contributed by atoms with E-state index in [0.29, 0.717) is 6.07 Å². The van der Waals surface area contributed by atoms with Gasteiger partial charge in [-0.15, -0.1) is 0 Å². The molecule has 3 aromatic rings. The van der Waals surface area contributed by atoms with Gasteiger partial charge < -0.3 is 14.4 Å². The average Bonchev–Trinajstić information content (AvgIpc) is 3.11. The van der Waals surface area contributed by atoms with Gasteiger partial charge in [0.25, 0.3) is 10.0 Å². The van der Waals surface area contributed by atoms with E-state index in [0.717, 1.165) is 22.3 Å². The van der Waals surface area contributed by atoms with Gasteiger partial charge in [-0.3, -0.25) is 4.98 Å². The van der Waals surface area contributed by atoms with E-state index in [4.69, 9.17) is 9.47 Å². The predicted molar refractivity (Wildman–Crippen MR) is 121 cm³/mol. The van der Waals surface area contributed by atoms with E-state index in [1.807, 2.05) is 0 Å². The molecule has 0 bridgehead atoms. The molecule has 0 spiro atoms. The van der Waals surface area contributed by atoms with Gasteiger partial charge in [0, 0.05) is 42.8 Å². The van der Waals surface area contributed by atoms with Crippen molar-refractivity contribution in [3.63, 3.8) is 0 Å². The molecular formula is C23H25F2N3O5S. The SMILES string of the molecule is COc1c(CN(C)C(=O)OC(C)(C)C)cn(S(=O)(=O)c2cccnc2)c1-c1ccc(F)cc1F. The highest BCUT2D eigenvalue weighted by Gasteiger charge is 2.30. The number of rotatable bonds is 6. The van der Waals surface area contributed by atoms with Crippen LogP contribution in [0.25, 0.3) is 11.3 Å². The summed E-state index contributed by atoms with van der Waals surface area (Å²) in [5.41, 5.74) is -0.830. The van der Waals surface area contributed by atoms with E-state index in [1.54, 1.807) is 20.8 Å². The molecule has 0 saturated carbocycles. The lowest BCUT2D eigenvalue weighted by Crippen LogP contribution is -2.33. The molecule has 11 heteroatoms. The van der Waals surface area contributed by atoms with Gasteiger partial charge in [-0.1, -0.05) is 0 Å². The first kappa shape index (κ1) is 25.2. The molecule has 8 nitrogen and oxygen atoms in total. The Labute approximate surface area is 196 Å². The zero-order chi connectivity index (χ0) is 25.3. The van der Waals surface area contributed by atoms with Crippen LogP contribution in [0.3, 0.4) is 0 Å². The van der Waals surface area contributed by atoms with Crippen LogP contribution < -0.4 is 4.74 Å². The van der Waals surface area contributed by atoms with Crippen molar-refractivity contribution in [3.05, 3.63) is 66.1 Å². The Morgan fingerprint density at radius 3 is 2.47 bits per heavy atom. The van der Waals surface area contributed by atoms with Crippen LogP contribution in [0.1, 0.15) is 26.3 Å². The van der Waals surface area contributed by atoms with Crippen molar-refractivity contribution in [2.24, 2.45) is 0 Å². The number of amides is 1. The number of benzene rings is 1. The Morgan fingerprint density at radius 1 is 1.21 bits per heavy atom. The summed E-state index contributed by atoms with van der Waals surface area (Å²) < 4.78 is 67.0. The largest absolute Gasteiger partial charge is 0.494 e. The maximum atomic E-state index is 14.8. The summed E-state index contributed by atoms with van der Waals surface area (Å²) in [6.07, 6.45) is 3.16. The zero-order valence-electron chi connectivity index (χ0n) is 19.4. The summed E-state index contributed by atoms with van der Waals surface area (Å²) in [7, 11) is -1.50. The summed E-state index contributed by atoms with van der Waals surface area (Å²) >= 11 is 0. The molecule has 0 aliphatic rings. The van der Waals surface area contributed by atoms with Crippen molar-refractivity contribution in [2.45, 2.75) is 37.8 Å². The Bertz CT molecular complexity index is 1300. The fourth-order valence-electron chi connectivity index (χ4n) is 3.24. The summed E-state index contributed by atoms with van der Waals surface area (Å²) in [5, 5.41) is 0. The number of carbonyl (C=O) groups is 1. The lowest BCUT2D eigenvalue weighted by molar-refractivity contribution is 0.0284. The molecule has 0 N–H and O–H groups in total. The number of methoxy groups -OCH3 is 1. The fraction of sp³-hybridized carbons (Fsp3) is 0.304. The topological polar surface area (TPSA) is 90.7 Å². The monoisotopic (exact) mass is 493 g/mol. The van der Waals surface area contributed by atoms with Crippen molar-refractivity contribution in [1.82, 2.24) is 13.9 Å². The number of carbonyl (C=O) groups excluding carboxylic acids is 1. The molecule has 182 valence electrons. The second kappa shape index (κ2) is 9.41. The molecule has 2 heterocycles. The molecule has 0 unspecified atom stereocenters. The van der Waals surface area contributed by atoms with Gasteiger partial charge in [0.2, 0.25) is 0 Å². The zero-order valence-corrected chi connectivity index (χ0v) is 20.2. The van der Waals surface area contributed by atoms with E-state index >= 15 is 0 Å². The quantitative estimate of drug-likeness (QED) is 0.504. The third-order valence-electron chi connectivity index (χ3n) is 4.69. The van der Waals surface area contributed by atoms with Gasteiger partial charge in [0.15, 0.2) is 5.75 Å². The summed E-state index contributed by atoms with van der Waals surface area (Å²) in [5.74, 6) is -1.79. The molecule has 0 aliphatic carbocycles. The first-order valence-electron chi connectivity index (χ1n) is 10.2. The van der Waals surface area contributed by atoms with Crippen molar-refractivity contribution in [3.8, 4) is 17.0 Å². The maximum absolute atomic E-state index is 14.8. The predicted octanol–water partition coefficient (Wildman–Crippen LogP) is 4.44. The van der Waals surface area contributed by atoms with Gasteiger partial charge in [-0.2, -0.15) is 0 Å². The first-order valence-corrected chi connectivity index (χ1v) is 11.6. The van der Waals surface area contributed by atoms with Crippen LogP contribution in [0.15, 0.2) is 53.8 Å². The Kier molecular flexibility index (Phi) is 6.97. The highest BCUT2D eigenvalue weighted by Crippen LogP contribution is 2.39. The number of hydrogen-bond acceptors (Lipinski definition) is 6. The van der Waals surface area contributed by atoms with E-state index in [1.165, 1.54) is 43.6 Å². The second-order valence-corrected chi connectivity index (χ2v) is 10.3. The fourth-order valence-corrected chi connectivity index (χ4v) is 4.60. The first-order chi connectivity index (χ1) is 15.8. The minimum atomic E-state index is -4.26. The number of pyridine rings is 1. The third-order valence-corrected chi connectivity index (χ3v) is 6.34. The molecule has 1 amide bonds. The lowest BCUT2D eigenvalue weighted by Gasteiger charge is -2.24. The van der Waals surface area contributed by atoms with Crippen LogP contribution in [0.5, 0.6) is 5.75 Å². The summed E-state index contributed by atoms with van der Waals surface area (Å²) in [6, 6.07) is 5.57. The highest BCUT2D eigenvalue weighted by atomic mass is 32.2. The van der Waals surface area contributed by atoms with E-state index in [-0.39, 0.29) is 34.0 Å². The smallest absolute Gasteiger partial charge is 0.410 e. The van der Waals surface area contributed by atoms with E-state index in [9.17, 15) is 22.0 Å². The number of aromatic nitrogens is 2. The normalized spacial score (nSPS) is 11.9. The number of hydrogen-bond donors (Lipinski definition) is 0. The van der Waals surface area contributed by atoms with Crippen LogP contribution in [0.2, 0.25) is 0 Å². The second-order valence-electron chi connectivity index (χ2n) is 8.49. The van der Waals surface area contributed by atoms with Gasteiger partial charge in [-0.25, -0.2) is 26.0 Å². The minimum Gasteiger partial charge on any atom is -0.494 e. The molecule has 0 fully saturated rings. The van der Waals surface area contributed by atoms with Gasteiger partial charge >= 0.3 is 6.09 Å². The Hall–Kier alpha value is -3.47. The molecule has 34 heavy (non-hydrogen) atoms. The third kappa shape index (κ3) is 5.19. The van der Waals surface area contributed by atoms with Crippen LogP contribution in [-0.2, 0) is 21.3 Å². The van der Waals surface area contributed by atoms with E-state index in [2.05, 4.69) is 4.98 Å². The van der Waals surface area contributed by atoms with Crippen molar-refractivity contribution in [1.29, 1.82) is 0 Å². The van der Waals surface area contributed by atoms with E-state index < -0.39 is 33.4 Å². The number of nitrogens with zero attached hydrogens (tertiary/aromatic N) is 3. The molecule has 0 atom stereocenters. The molecule has 1 aromatic carbocycles. The van der Waals surface area contributed by atoms with Crippen molar-refractivity contribution < 1.29 is 31.5 Å². The Balaban J connectivity index is 2.20. The number of ether oxygens (including phenoxy) is 2. The summed E-state index contributed by atoms with van der Waals surface area (Å²) in [4.78, 5) is 17.4. The minimum absolute atomic E-state index is 0.00776. The standard InChI is InChI=1S/C23H25F2N3O5S/c1-23(2,3)33-22(29)27(4)13-15-14-28(34(30,31)17-7-6-10-26-12-17)20(21(15)32-5)18-9-8-16(24)11-19(18)25/h6-12,14H,13H2,1-5H3. The van der Waals surface area contributed by atoms with Crippen LogP contribution in [0, 0.1) is 11.6 Å². The molecule has 3 rings (SSSR count). The number of halogens is 2. The highest BCUT2D eigenvalue weighted by molar-refractivity contribution is 7.90. The van der Waals surface area contributed by atoms with Crippen molar-refractivity contribution >= 4 is 16.1 Å². The maximum Gasteiger partial charge on any atom is 0.410 e. The molecular weight excluding hydrogens is 468 g/mol. The van der Waals surface area contributed by atoms with Crippen LogP contribution in [0.4, 0.5) is 13.6 Å². The van der Waals surface area contributed by atoms with Gasteiger partial charge in [0.1, 0.15) is 27.8 Å². The Morgan fingerprint density at radius 2 is 1.91 bits per heavy atom. The molecule has 0 saturated heterocycles. The molecule has 0 aliphatic heterocycles. The van der Waals surface area contributed by atoms with Crippen LogP contribution in [-0.4, -0.2) is 48.1 Å². The molecule has 2 aromatic heterocycles. The van der Waals surface area contributed by atoms with Gasteiger partial charge in [-0.05, 0) is 45.0 Å². The van der Waals surface area contributed by atoms with Crippen molar-refractivity contribution in [2.75, 3.05) is 14.2 Å².